The van der Waals surface area contributed by atoms with Crippen LogP contribution in [0, 0.1) is 27.7 Å². The Kier molecular flexibility index (Phi) is 4.01. The fourth-order valence-corrected chi connectivity index (χ4v) is 3.03. The van der Waals surface area contributed by atoms with Crippen molar-refractivity contribution in [3.8, 4) is 11.6 Å². The van der Waals surface area contributed by atoms with E-state index in [9.17, 15) is 4.79 Å². The highest BCUT2D eigenvalue weighted by molar-refractivity contribution is 5.90. The van der Waals surface area contributed by atoms with E-state index in [0.717, 1.165) is 22.8 Å². The van der Waals surface area contributed by atoms with Gasteiger partial charge in [0.1, 0.15) is 11.6 Å². The molecule has 5 heteroatoms. The number of hydrogen-bond acceptors (Lipinski definition) is 3. The standard InChI is InChI=1S/C19H21N3O2/c1-12-6-7-13(2)21(12)17-10-16(19(23)24-5)11-18(20-17)22-14(3)8-9-15(22)4/h6-11H,1-5H3. The first-order valence-electron chi connectivity index (χ1n) is 7.83. The van der Waals surface area contributed by atoms with Gasteiger partial charge in [-0.15, -0.1) is 0 Å². The first-order valence-corrected chi connectivity index (χ1v) is 7.83. The van der Waals surface area contributed by atoms with Crippen LogP contribution in [0.3, 0.4) is 0 Å². The summed E-state index contributed by atoms with van der Waals surface area (Å²) in [5.41, 5.74) is 4.74. The summed E-state index contributed by atoms with van der Waals surface area (Å²) in [6, 6.07) is 11.7. The highest BCUT2D eigenvalue weighted by Crippen LogP contribution is 2.21. The van der Waals surface area contributed by atoms with Crippen LogP contribution in [-0.2, 0) is 4.74 Å². The lowest BCUT2D eigenvalue weighted by Crippen LogP contribution is -2.11. The van der Waals surface area contributed by atoms with Gasteiger partial charge in [0.05, 0.1) is 12.7 Å². The molecule has 0 aliphatic heterocycles. The van der Waals surface area contributed by atoms with Crippen molar-refractivity contribution < 1.29 is 9.53 Å². The SMILES string of the molecule is COC(=O)c1cc(-n2c(C)ccc2C)nc(-n2c(C)ccc2C)c1. The van der Waals surface area contributed by atoms with E-state index < -0.39 is 0 Å². The van der Waals surface area contributed by atoms with Gasteiger partial charge in [0.15, 0.2) is 0 Å². The number of pyridine rings is 1. The summed E-state index contributed by atoms with van der Waals surface area (Å²) in [6.45, 7) is 8.08. The van der Waals surface area contributed by atoms with Gasteiger partial charge < -0.3 is 13.9 Å². The molecule has 124 valence electrons. The first kappa shape index (κ1) is 16.1. The van der Waals surface area contributed by atoms with Gasteiger partial charge in [0.2, 0.25) is 0 Å². The molecule has 3 aromatic rings. The second-order valence-corrected chi connectivity index (χ2v) is 5.97. The van der Waals surface area contributed by atoms with Crippen molar-refractivity contribution in [3.63, 3.8) is 0 Å². The zero-order valence-corrected chi connectivity index (χ0v) is 14.6. The molecule has 3 rings (SSSR count). The van der Waals surface area contributed by atoms with Crippen LogP contribution >= 0.6 is 0 Å². The van der Waals surface area contributed by atoms with Crippen molar-refractivity contribution in [2.24, 2.45) is 0 Å². The number of hydrogen-bond donors (Lipinski definition) is 0. The second kappa shape index (κ2) is 6.00. The van der Waals surface area contributed by atoms with Crippen molar-refractivity contribution in [1.29, 1.82) is 0 Å². The van der Waals surface area contributed by atoms with Crippen molar-refractivity contribution in [2.45, 2.75) is 27.7 Å². The number of carbonyl (C=O) groups excluding carboxylic acids is 1. The first-order chi connectivity index (χ1) is 11.4. The van der Waals surface area contributed by atoms with Gasteiger partial charge in [-0.1, -0.05) is 0 Å². The molecule has 0 aliphatic carbocycles. The summed E-state index contributed by atoms with van der Waals surface area (Å²) in [5, 5.41) is 0. The minimum absolute atomic E-state index is 0.371. The average molecular weight is 323 g/mol. The Labute approximate surface area is 141 Å². The molecular formula is C19H21N3O2. The van der Waals surface area contributed by atoms with E-state index in [0.29, 0.717) is 17.2 Å². The maximum absolute atomic E-state index is 12.1. The molecule has 5 nitrogen and oxygen atoms in total. The van der Waals surface area contributed by atoms with Crippen LogP contribution in [0.1, 0.15) is 33.1 Å². The number of nitrogens with zero attached hydrogens (tertiary/aromatic N) is 3. The summed E-state index contributed by atoms with van der Waals surface area (Å²) in [5.74, 6) is 1.05. The van der Waals surface area contributed by atoms with Gasteiger partial charge in [-0.05, 0) is 64.1 Å². The van der Waals surface area contributed by atoms with Crippen LogP contribution in [-0.4, -0.2) is 27.2 Å². The summed E-state index contributed by atoms with van der Waals surface area (Å²) in [6.07, 6.45) is 0. The average Bonchev–Trinajstić information content (AvgIpc) is 3.07. The molecule has 0 atom stereocenters. The Balaban J connectivity index is 2.28. The second-order valence-electron chi connectivity index (χ2n) is 5.97. The molecule has 3 heterocycles. The van der Waals surface area contributed by atoms with Gasteiger partial charge in [-0.2, -0.15) is 0 Å². The molecule has 0 radical (unpaired) electrons. The number of methoxy groups -OCH3 is 1. The van der Waals surface area contributed by atoms with Crippen LogP contribution in [0.25, 0.3) is 11.6 Å². The predicted octanol–water partition coefficient (Wildman–Crippen LogP) is 3.68. The van der Waals surface area contributed by atoms with Gasteiger partial charge in [-0.3, -0.25) is 0 Å². The third-order valence-corrected chi connectivity index (χ3v) is 4.22. The van der Waals surface area contributed by atoms with E-state index in [1.807, 2.05) is 61.1 Å². The van der Waals surface area contributed by atoms with Gasteiger partial charge in [0.25, 0.3) is 0 Å². The lowest BCUT2D eigenvalue weighted by atomic mass is 10.2. The van der Waals surface area contributed by atoms with Crippen molar-refractivity contribution in [3.05, 3.63) is 64.7 Å². The number of aryl methyl sites for hydroxylation is 4. The Morgan fingerprint density at radius 1 is 0.833 bits per heavy atom. The molecule has 3 aromatic heterocycles. The number of esters is 1. The largest absolute Gasteiger partial charge is 0.465 e. The van der Waals surface area contributed by atoms with Crippen LogP contribution < -0.4 is 0 Å². The topological polar surface area (TPSA) is 49.1 Å². The van der Waals surface area contributed by atoms with Crippen molar-refractivity contribution in [2.75, 3.05) is 7.11 Å². The predicted molar refractivity (Wildman–Crippen MR) is 93.2 cm³/mol. The molecule has 0 aromatic carbocycles. The fourth-order valence-electron chi connectivity index (χ4n) is 3.03. The molecule has 0 saturated carbocycles. The third kappa shape index (κ3) is 2.62. The van der Waals surface area contributed by atoms with E-state index >= 15 is 0 Å². The third-order valence-electron chi connectivity index (χ3n) is 4.22. The van der Waals surface area contributed by atoms with E-state index in [1.165, 1.54) is 7.11 Å². The van der Waals surface area contributed by atoms with Gasteiger partial charge >= 0.3 is 5.97 Å². The number of aromatic nitrogens is 3. The molecule has 0 saturated heterocycles. The summed E-state index contributed by atoms with van der Waals surface area (Å²) < 4.78 is 8.98. The zero-order chi connectivity index (χ0) is 17.4. The van der Waals surface area contributed by atoms with Crippen LogP contribution in [0.5, 0.6) is 0 Å². The molecular weight excluding hydrogens is 302 g/mol. The minimum atomic E-state index is -0.371. The molecule has 0 bridgehead atoms. The molecule has 0 N–H and O–H groups in total. The Morgan fingerprint density at radius 2 is 1.21 bits per heavy atom. The zero-order valence-electron chi connectivity index (χ0n) is 14.6. The maximum Gasteiger partial charge on any atom is 0.338 e. The normalized spacial score (nSPS) is 10.9. The molecule has 24 heavy (non-hydrogen) atoms. The quantitative estimate of drug-likeness (QED) is 0.691. The molecule has 0 spiro atoms. The maximum atomic E-state index is 12.1. The summed E-state index contributed by atoms with van der Waals surface area (Å²) in [4.78, 5) is 16.9. The monoisotopic (exact) mass is 323 g/mol. The Hall–Kier alpha value is -2.82. The van der Waals surface area contributed by atoms with E-state index in [4.69, 9.17) is 9.72 Å². The van der Waals surface area contributed by atoms with Crippen LogP contribution in [0.2, 0.25) is 0 Å². The van der Waals surface area contributed by atoms with E-state index in [1.54, 1.807) is 12.1 Å². The highest BCUT2D eigenvalue weighted by atomic mass is 16.5. The van der Waals surface area contributed by atoms with Gasteiger partial charge in [0, 0.05) is 22.8 Å². The van der Waals surface area contributed by atoms with Crippen LogP contribution in [0.4, 0.5) is 0 Å². The van der Waals surface area contributed by atoms with E-state index in [2.05, 4.69) is 0 Å². The molecule has 0 aliphatic rings. The number of rotatable bonds is 3. The Morgan fingerprint density at radius 3 is 1.54 bits per heavy atom. The summed E-state index contributed by atoms with van der Waals surface area (Å²) in [7, 11) is 1.39. The van der Waals surface area contributed by atoms with E-state index in [-0.39, 0.29) is 5.97 Å². The van der Waals surface area contributed by atoms with Crippen molar-refractivity contribution in [1.82, 2.24) is 14.1 Å². The lowest BCUT2D eigenvalue weighted by Gasteiger charge is -2.15. The minimum Gasteiger partial charge on any atom is -0.465 e. The number of carbonyl (C=O) groups is 1. The fraction of sp³-hybridized carbons (Fsp3) is 0.263. The molecule has 0 fully saturated rings. The number of ether oxygens (including phenoxy) is 1. The Bertz CT molecular complexity index is 815. The van der Waals surface area contributed by atoms with Crippen LogP contribution in [0.15, 0.2) is 36.4 Å². The highest BCUT2D eigenvalue weighted by Gasteiger charge is 2.15. The van der Waals surface area contributed by atoms with Gasteiger partial charge in [-0.25, -0.2) is 9.78 Å². The van der Waals surface area contributed by atoms with Crippen molar-refractivity contribution >= 4 is 5.97 Å². The molecule has 0 unspecified atom stereocenters. The summed E-state index contributed by atoms with van der Waals surface area (Å²) >= 11 is 0. The lowest BCUT2D eigenvalue weighted by molar-refractivity contribution is 0.0600. The molecule has 0 amide bonds. The smallest absolute Gasteiger partial charge is 0.338 e.